The third kappa shape index (κ3) is 2.74. The quantitative estimate of drug-likeness (QED) is 0.702. The highest BCUT2D eigenvalue weighted by Crippen LogP contribution is 2.35. The minimum Gasteiger partial charge on any atom is -0.306 e. The van der Waals surface area contributed by atoms with Crippen LogP contribution in [0.25, 0.3) is 10.9 Å². The van der Waals surface area contributed by atoms with Crippen LogP contribution in [0.5, 0.6) is 0 Å². The van der Waals surface area contributed by atoms with Gasteiger partial charge in [0.25, 0.3) is 0 Å². The molecule has 26 heavy (non-hydrogen) atoms. The number of hydrogen-bond donors (Lipinski definition) is 0. The predicted molar refractivity (Wildman–Crippen MR) is 107 cm³/mol. The van der Waals surface area contributed by atoms with E-state index in [0.29, 0.717) is 5.92 Å². The molecule has 4 nitrogen and oxygen atoms in total. The second kappa shape index (κ2) is 6.06. The molecule has 5 rings (SSSR count). The molecule has 4 heteroatoms. The molecule has 132 valence electrons. The molecule has 2 aliphatic heterocycles. The first kappa shape index (κ1) is 15.8. The van der Waals surface area contributed by atoms with Crippen molar-refractivity contribution in [3.05, 3.63) is 59.3 Å². The molecule has 0 unspecified atom stereocenters. The fourth-order valence-electron chi connectivity index (χ4n) is 4.31. The molecule has 0 saturated carbocycles. The summed E-state index contributed by atoms with van der Waals surface area (Å²) in [7, 11) is 4.19. The van der Waals surface area contributed by atoms with Crippen molar-refractivity contribution in [1.29, 1.82) is 0 Å². The van der Waals surface area contributed by atoms with Gasteiger partial charge in [-0.25, -0.2) is 0 Å². The first-order valence-electron chi connectivity index (χ1n) is 9.48. The number of piperidine rings is 1. The molecule has 3 aromatic rings. The maximum Gasteiger partial charge on any atom is 0.0923 e. The highest BCUT2D eigenvalue weighted by atomic mass is 15.2. The van der Waals surface area contributed by atoms with Gasteiger partial charge in [0, 0.05) is 25.1 Å². The Morgan fingerprint density at radius 2 is 1.85 bits per heavy atom. The Kier molecular flexibility index (Phi) is 3.68. The van der Waals surface area contributed by atoms with Crippen molar-refractivity contribution in [3.63, 3.8) is 0 Å². The van der Waals surface area contributed by atoms with Crippen LogP contribution >= 0.6 is 0 Å². The molecule has 2 aliphatic rings. The van der Waals surface area contributed by atoms with Gasteiger partial charge in [0.2, 0.25) is 0 Å². The average Bonchev–Trinajstić information content (AvgIpc) is 3.23. The van der Waals surface area contributed by atoms with E-state index < -0.39 is 0 Å². The van der Waals surface area contributed by atoms with Crippen LogP contribution in [0.3, 0.4) is 0 Å². The Hall–Kier alpha value is -2.46. The van der Waals surface area contributed by atoms with E-state index >= 15 is 0 Å². The largest absolute Gasteiger partial charge is 0.306 e. The second-order valence-corrected chi connectivity index (χ2v) is 7.78. The molecule has 0 amide bonds. The van der Waals surface area contributed by atoms with Crippen LogP contribution in [-0.2, 0) is 13.5 Å². The minimum absolute atomic E-state index is 0.701. The fourth-order valence-corrected chi connectivity index (χ4v) is 4.31. The molecule has 3 heterocycles. The number of fused-ring (bicyclic) bond motifs is 2. The Labute approximate surface area is 154 Å². The molecule has 0 spiro atoms. The van der Waals surface area contributed by atoms with Gasteiger partial charge < -0.3 is 4.90 Å². The molecule has 2 aromatic carbocycles. The molecule has 0 radical (unpaired) electrons. The van der Waals surface area contributed by atoms with E-state index in [1.54, 1.807) is 0 Å². The van der Waals surface area contributed by atoms with Crippen LogP contribution in [0, 0.1) is 0 Å². The van der Waals surface area contributed by atoms with Gasteiger partial charge in [-0.3, -0.25) is 9.67 Å². The highest BCUT2D eigenvalue weighted by molar-refractivity contribution is 6.08. The van der Waals surface area contributed by atoms with E-state index in [2.05, 4.69) is 59.6 Å². The molecule has 0 aliphatic carbocycles. The number of rotatable bonds is 2. The summed E-state index contributed by atoms with van der Waals surface area (Å²) in [4.78, 5) is 7.35. The Morgan fingerprint density at radius 3 is 2.69 bits per heavy atom. The number of hydrogen-bond acceptors (Lipinski definition) is 3. The van der Waals surface area contributed by atoms with Gasteiger partial charge in [-0.15, -0.1) is 0 Å². The lowest BCUT2D eigenvalue weighted by Gasteiger charge is -2.29. The molecule has 0 N–H and O–H groups in total. The van der Waals surface area contributed by atoms with Crippen LogP contribution in [-0.4, -0.2) is 40.5 Å². The van der Waals surface area contributed by atoms with Gasteiger partial charge in [-0.1, -0.05) is 18.2 Å². The van der Waals surface area contributed by atoms with E-state index in [9.17, 15) is 0 Å². The standard InChI is InChI=1S/C22H24N4/c1-25-9-7-15(8-10-25)16-3-5-20-18(11-16)13-22(23-20)17-4-6-21-19(12-17)14-26(2)24-21/h3-6,11-12,14-15H,7-10,13H2,1-2H3. The smallest absolute Gasteiger partial charge is 0.0923 e. The summed E-state index contributed by atoms with van der Waals surface area (Å²) in [5, 5.41) is 5.64. The zero-order chi connectivity index (χ0) is 17.7. The van der Waals surface area contributed by atoms with E-state index in [1.165, 1.54) is 53.7 Å². The van der Waals surface area contributed by atoms with Crippen LogP contribution < -0.4 is 0 Å². The molecule has 1 saturated heterocycles. The summed E-state index contributed by atoms with van der Waals surface area (Å²) in [6, 6.07) is 13.4. The highest BCUT2D eigenvalue weighted by Gasteiger charge is 2.22. The summed E-state index contributed by atoms with van der Waals surface area (Å²) in [6.45, 7) is 2.41. The Bertz CT molecular complexity index is 1010. The first-order chi connectivity index (χ1) is 12.7. The summed E-state index contributed by atoms with van der Waals surface area (Å²) >= 11 is 0. The number of aromatic nitrogens is 2. The first-order valence-corrected chi connectivity index (χ1v) is 9.48. The van der Waals surface area contributed by atoms with Crippen molar-refractivity contribution in [2.45, 2.75) is 25.2 Å². The molecular weight excluding hydrogens is 320 g/mol. The van der Waals surface area contributed by atoms with E-state index in [-0.39, 0.29) is 0 Å². The average molecular weight is 344 g/mol. The SMILES string of the molecule is CN1CCC(c2ccc3c(c2)CC(c2ccc4nn(C)cc4c2)=N3)CC1. The van der Waals surface area contributed by atoms with Crippen molar-refractivity contribution in [2.75, 3.05) is 20.1 Å². The zero-order valence-corrected chi connectivity index (χ0v) is 15.4. The molecular formula is C22H24N4. The molecule has 0 atom stereocenters. The maximum absolute atomic E-state index is 4.91. The van der Waals surface area contributed by atoms with Gasteiger partial charge in [-0.05, 0) is 73.8 Å². The lowest BCUT2D eigenvalue weighted by Crippen LogP contribution is -2.29. The number of likely N-dealkylation sites (tertiary alicyclic amines) is 1. The normalized spacial score (nSPS) is 18.3. The minimum atomic E-state index is 0.701. The topological polar surface area (TPSA) is 33.4 Å². The fraction of sp³-hybridized carbons (Fsp3) is 0.364. The lowest BCUT2D eigenvalue weighted by atomic mass is 9.88. The van der Waals surface area contributed by atoms with Gasteiger partial charge in [0.15, 0.2) is 0 Å². The zero-order valence-electron chi connectivity index (χ0n) is 15.4. The molecule has 1 fully saturated rings. The van der Waals surface area contributed by atoms with Crippen molar-refractivity contribution in [1.82, 2.24) is 14.7 Å². The Morgan fingerprint density at radius 1 is 1.00 bits per heavy atom. The summed E-state index contributed by atoms with van der Waals surface area (Å²) < 4.78 is 1.87. The predicted octanol–water partition coefficient (Wildman–Crippen LogP) is 4.06. The molecule has 0 bridgehead atoms. The van der Waals surface area contributed by atoms with Gasteiger partial charge >= 0.3 is 0 Å². The van der Waals surface area contributed by atoms with Crippen molar-refractivity contribution >= 4 is 22.3 Å². The number of benzene rings is 2. The van der Waals surface area contributed by atoms with Gasteiger partial charge in [0.05, 0.1) is 16.9 Å². The van der Waals surface area contributed by atoms with Crippen LogP contribution in [0.4, 0.5) is 5.69 Å². The number of nitrogens with zero attached hydrogens (tertiary/aromatic N) is 4. The van der Waals surface area contributed by atoms with E-state index in [4.69, 9.17) is 4.99 Å². The van der Waals surface area contributed by atoms with Crippen LogP contribution in [0.1, 0.15) is 35.4 Å². The van der Waals surface area contributed by atoms with Gasteiger partial charge in [0.1, 0.15) is 0 Å². The molecule has 1 aromatic heterocycles. The van der Waals surface area contributed by atoms with Crippen molar-refractivity contribution in [3.8, 4) is 0 Å². The lowest BCUT2D eigenvalue weighted by molar-refractivity contribution is 0.255. The van der Waals surface area contributed by atoms with Crippen LogP contribution in [0.2, 0.25) is 0 Å². The van der Waals surface area contributed by atoms with E-state index in [1.807, 2.05) is 11.7 Å². The summed E-state index contributed by atoms with van der Waals surface area (Å²) in [5.74, 6) is 0.701. The van der Waals surface area contributed by atoms with E-state index in [0.717, 1.165) is 17.6 Å². The summed E-state index contributed by atoms with van der Waals surface area (Å²) in [5.41, 5.74) is 7.44. The monoisotopic (exact) mass is 344 g/mol. The van der Waals surface area contributed by atoms with Gasteiger partial charge in [-0.2, -0.15) is 5.10 Å². The van der Waals surface area contributed by atoms with Crippen molar-refractivity contribution in [2.24, 2.45) is 12.0 Å². The number of aryl methyl sites for hydroxylation is 1. The third-order valence-corrected chi connectivity index (χ3v) is 5.86. The van der Waals surface area contributed by atoms with Crippen molar-refractivity contribution < 1.29 is 0 Å². The number of aliphatic imine (C=N–C) groups is 1. The van der Waals surface area contributed by atoms with Crippen LogP contribution in [0.15, 0.2) is 47.6 Å². The maximum atomic E-state index is 4.91. The Balaban J connectivity index is 1.40. The third-order valence-electron chi connectivity index (χ3n) is 5.86. The summed E-state index contributed by atoms with van der Waals surface area (Å²) in [6.07, 6.45) is 5.53. The second-order valence-electron chi connectivity index (χ2n) is 7.78.